The van der Waals surface area contributed by atoms with Crippen molar-refractivity contribution >= 4 is 11.5 Å². The Kier molecular flexibility index (Phi) is 6.39. The quantitative estimate of drug-likeness (QED) is 0.422. The molecule has 6 nitrogen and oxygen atoms in total. The average Bonchev–Trinajstić information content (AvgIpc) is 3.25. The summed E-state index contributed by atoms with van der Waals surface area (Å²) in [7, 11) is 1.73. The predicted molar refractivity (Wildman–Crippen MR) is 150 cm³/mol. The highest BCUT2D eigenvalue weighted by molar-refractivity contribution is 6.00. The molecule has 0 radical (unpaired) electrons. The maximum atomic E-state index is 14.3. The Balaban J connectivity index is 1.64. The first-order chi connectivity index (χ1) is 18.4. The number of aromatic nitrogens is 2. The summed E-state index contributed by atoms with van der Waals surface area (Å²) in [4.78, 5) is 20.8. The van der Waals surface area contributed by atoms with Gasteiger partial charge in [0.25, 0.3) is 5.91 Å². The van der Waals surface area contributed by atoms with Gasteiger partial charge in [0.1, 0.15) is 11.4 Å². The van der Waals surface area contributed by atoms with Gasteiger partial charge in [-0.05, 0) is 87.8 Å². The molecule has 0 atom stereocenters. The number of carbonyl (C=O) groups excluding carboxylic acids is 1. The van der Waals surface area contributed by atoms with Crippen LogP contribution in [0.5, 0.6) is 5.75 Å². The molecule has 3 aliphatic rings. The van der Waals surface area contributed by atoms with Crippen LogP contribution in [-0.4, -0.2) is 52.8 Å². The number of carbonyl (C=O) groups is 1. The third-order valence-corrected chi connectivity index (χ3v) is 8.22. The molecule has 38 heavy (non-hydrogen) atoms. The van der Waals surface area contributed by atoms with Crippen LogP contribution in [-0.2, 0) is 24.1 Å². The first kappa shape index (κ1) is 24.9. The van der Waals surface area contributed by atoms with Crippen LogP contribution in [0.4, 0.5) is 0 Å². The maximum absolute atomic E-state index is 14.3. The summed E-state index contributed by atoms with van der Waals surface area (Å²) in [6, 6.07) is 8.49. The molecule has 3 aromatic rings. The van der Waals surface area contributed by atoms with Gasteiger partial charge in [-0.15, -0.1) is 0 Å². The lowest BCUT2D eigenvalue weighted by molar-refractivity contribution is 0.0558. The van der Waals surface area contributed by atoms with Crippen molar-refractivity contribution in [2.75, 3.05) is 26.9 Å². The zero-order valence-corrected chi connectivity index (χ0v) is 23.0. The van der Waals surface area contributed by atoms with Gasteiger partial charge in [0.05, 0.1) is 26.0 Å². The van der Waals surface area contributed by atoms with Crippen molar-refractivity contribution in [3.8, 4) is 28.1 Å². The van der Waals surface area contributed by atoms with Crippen molar-refractivity contribution < 1.29 is 14.3 Å². The van der Waals surface area contributed by atoms with Gasteiger partial charge < -0.3 is 18.9 Å². The third-order valence-electron chi connectivity index (χ3n) is 8.22. The summed E-state index contributed by atoms with van der Waals surface area (Å²) in [5, 5.41) is 0. The zero-order valence-electron chi connectivity index (χ0n) is 23.0. The number of hydrogen-bond donors (Lipinski definition) is 0. The number of methoxy groups -OCH3 is 1. The van der Waals surface area contributed by atoms with Gasteiger partial charge in [0.2, 0.25) is 0 Å². The molecular formula is C32H37N3O3. The summed E-state index contributed by atoms with van der Waals surface area (Å²) in [6.45, 7) is 9.36. The molecule has 6 rings (SSSR count). The first-order valence-corrected chi connectivity index (χ1v) is 13.8. The molecule has 0 saturated carbocycles. The minimum atomic E-state index is -0.234. The molecule has 0 fully saturated rings. The monoisotopic (exact) mass is 511 g/mol. The topological polar surface area (TPSA) is 56.6 Å². The molecular weight excluding hydrogens is 474 g/mol. The Bertz CT molecular complexity index is 1410. The zero-order chi connectivity index (χ0) is 26.4. The summed E-state index contributed by atoms with van der Waals surface area (Å²) >= 11 is 0. The highest BCUT2D eigenvalue weighted by Crippen LogP contribution is 2.47. The van der Waals surface area contributed by atoms with Crippen molar-refractivity contribution in [2.24, 2.45) is 0 Å². The number of pyridine rings is 1. The van der Waals surface area contributed by atoms with Crippen molar-refractivity contribution in [1.82, 2.24) is 14.5 Å². The molecule has 3 aliphatic heterocycles. The van der Waals surface area contributed by atoms with Gasteiger partial charge in [-0.3, -0.25) is 9.78 Å². The summed E-state index contributed by atoms with van der Waals surface area (Å²) in [5.74, 6) is 1.02. The highest BCUT2D eigenvalue weighted by atomic mass is 16.5. The molecule has 1 aromatic carbocycles. The van der Waals surface area contributed by atoms with E-state index in [4.69, 9.17) is 9.47 Å². The molecule has 198 valence electrons. The van der Waals surface area contributed by atoms with E-state index >= 15 is 0 Å². The second kappa shape index (κ2) is 9.73. The molecule has 0 unspecified atom stereocenters. The van der Waals surface area contributed by atoms with Crippen molar-refractivity contribution in [3.05, 3.63) is 65.1 Å². The predicted octanol–water partition coefficient (Wildman–Crippen LogP) is 6.16. The van der Waals surface area contributed by atoms with E-state index in [0.717, 1.165) is 67.8 Å². The second-order valence-corrected chi connectivity index (χ2v) is 11.5. The van der Waals surface area contributed by atoms with E-state index in [2.05, 4.69) is 59.5 Å². The lowest BCUT2D eigenvalue weighted by atomic mass is 9.87. The number of benzene rings is 1. The Hall–Kier alpha value is -3.38. The smallest absolute Gasteiger partial charge is 0.271 e. The van der Waals surface area contributed by atoms with Crippen LogP contribution in [0.3, 0.4) is 0 Å². The number of fused-ring (bicyclic) bond motifs is 5. The van der Waals surface area contributed by atoms with E-state index in [1.807, 2.05) is 12.3 Å². The van der Waals surface area contributed by atoms with E-state index in [1.165, 1.54) is 33.5 Å². The SMILES string of the molecule is COc1cc2c(cc1-c1cccnc1)-c1c(C3=CCOCC3)c3c(n1CC2)C(=O)N(C(C)(C)C)CCCC3. The number of amides is 1. The van der Waals surface area contributed by atoms with E-state index in [0.29, 0.717) is 13.2 Å². The fraction of sp³-hybridized carbons (Fsp3) is 0.438. The van der Waals surface area contributed by atoms with Crippen LogP contribution in [0.2, 0.25) is 0 Å². The molecule has 0 saturated heterocycles. The largest absolute Gasteiger partial charge is 0.496 e. The first-order valence-electron chi connectivity index (χ1n) is 13.8. The Morgan fingerprint density at radius 3 is 2.61 bits per heavy atom. The number of nitrogens with zero attached hydrogens (tertiary/aromatic N) is 3. The van der Waals surface area contributed by atoms with Gasteiger partial charge in [-0.1, -0.05) is 12.1 Å². The van der Waals surface area contributed by atoms with Crippen LogP contribution >= 0.6 is 0 Å². The van der Waals surface area contributed by atoms with Gasteiger partial charge in [-0.2, -0.15) is 0 Å². The summed E-state index contributed by atoms with van der Waals surface area (Å²) in [6.07, 6.45) is 10.6. The van der Waals surface area contributed by atoms with Crippen LogP contribution in [0.15, 0.2) is 42.7 Å². The molecule has 1 amide bonds. The maximum Gasteiger partial charge on any atom is 0.271 e. The van der Waals surface area contributed by atoms with Crippen LogP contribution in [0.25, 0.3) is 28.0 Å². The minimum Gasteiger partial charge on any atom is -0.496 e. The average molecular weight is 512 g/mol. The number of ether oxygens (including phenoxy) is 2. The fourth-order valence-corrected chi connectivity index (χ4v) is 6.40. The molecule has 0 bridgehead atoms. The van der Waals surface area contributed by atoms with E-state index < -0.39 is 0 Å². The Labute approximate surface area is 225 Å². The molecule has 6 heteroatoms. The molecule has 0 aliphatic carbocycles. The standard InChI is InChI=1S/C32H37N3O3/c1-32(2,3)35-14-6-5-9-24-28(21-11-16-38-17-12-21)29-26-19-25(23-8-7-13-33-20-23)27(37-4)18-22(26)10-15-34(29)30(24)31(35)36/h7-8,11,13,18-20H,5-6,9-10,12,14-17H2,1-4H3. The van der Waals surface area contributed by atoms with Crippen LogP contribution < -0.4 is 4.74 Å². The third kappa shape index (κ3) is 4.15. The van der Waals surface area contributed by atoms with Crippen LogP contribution in [0.1, 0.15) is 67.2 Å². The molecule has 0 spiro atoms. The van der Waals surface area contributed by atoms with E-state index in [1.54, 1.807) is 13.3 Å². The van der Waals surface area contributed by atoms with Gasteiger partial charge in [0.15, 0.2) is 0 Å². The summed E-state index contributed by atoms with van der Waals surface area (Å²) < 4.78 is 13.9. The lowest BCUT2D eigenvalue weighted by Crippen LogP contribution is -2.47. The van der Waals surface area contributed by atoms with E-state index in [-0.39, 0.29) is 11.4 Å². The number of hydrogen-bond acceptors (Lipinski definition) is 4. The normalized spacial score (nSPS) is 17.6. The fourth-order valence-electron chi connectivity index (χ4n) is 6.40. The van der Waals surface area contributed by atoms with Crippen LogP contribution in [0, 0.1) is 0 Å². The summed E-state index contributed by atoms with van der Waals surface area (Å²) in [5.41, 5.74) is 10.1. The number of aryl methyl sites for hydroxylation is 1. The second-order valence-electron chi connectivity index (χ2n) is 11.5. The number of rotatable bonds is 3. The van der Waals surface area contributed by atoms with Gasteiger partial charge in [0, 0.05) is 53.3 Å². The van der Waals surface area contributed by atoms with E-state index in [9.17, 15) is 4.79 Å². The van der Waals surface area contributed by atoms with Crippen molar-refractivity contribution in [1.29, 1.82) is 0 Å². The highest BCUT2D eigenvalue weighted by Gasteiger charge is 2.38. The molecule has 0 N–H and O–H groups in total. The lowest BCUT2D eigenvalue weighted by Gasteiger charge is -2.37. The Morgan fingerprint density at radius 2 is 1.89 bits per heavy atom. The molecule has 2 aromatic heterocycles. The van der Waals surface area contributed by atoms with Crippen molar-refractivity contribution in [3.63, 3.8) is 0 Å². The molecule has 5 heterocycles. The minimum absolute atomic E-state index is 0.164. The Morgan fingerprint density at radius 1 is 1.03 bits per heavy atom. The van der Waals surface area contributed by atoms with Gasteiger partial charge in [-0.25, -0.2) is 0 Å². The van der Waals surface area contributed by atoms with Crippen molar-refractivity contribution in [2.45, 2.75) is 65.0 Å². The van der Waals surface area contributed by atoms with Gasteiger partial charge >= 0.3 is 0 Å².